The molecule has 1 aromatic rings. The monoisotopic (exact) mass is 340 g/mol. The van der Waals surface area contributed by atoms with E-state index in [0.717, 1.165) is 38.3 Å². The van der Waals surface area contributed by atoms with Gasteiger partial charge in [-0.25, -0.2) is 0 Å². The van der Waals surface area contributed by atoms with Crippen molar-refractivity contribution in [3.05, 3.63) is 28.8 Å². The van der Waals surface area contributed by atoms with E-state index in [4.69, 9.17) is 16.3 Å². The molecule has 0 aromatic heterocycles. The molecule has 23 heavy (non-hydrogen) atoms. The molecule has 1 aliphatic rings. The smallest absolute Gasteiger partial charge is 0.137 e. The summed E-state index contributed by atoms with van der Waals surface area (Å²) in [5, 5.41) is 10.5. The Bertz CT molecular complexity index is 488. The normalized spacial score (nSPS) is 18.3. The van der Waals surface area contributed by atoms with Crippen molar-refractivity contribution in [1.82, 2.24) is 9.80 Å². The summed E-state index contributed by atoms with van der Waals surface area (Å²) in [6, 6.07) is 5.84. The van der Waals surface area contributed by atoms with Crippen LogP contribution in [0.1, 0.15) is 32.4 Å². The minimum absolute atomic E-state index is 0.00405. The van der Waals surface area contributed by atoms with E-state index >= 15 is 0 Å². The molecule has 0 bridgehead atoms. The van der Waals surface area contributed by atoms with Crippen LogP contribution in [0.4, 0.5) is 0 Å². The molecule has 1 fully saturated rings. The highest BCUT2D eigenvalue weighted by molar-refractivity contribution is 6.32. The molecule has 1 heterocycles. The van der Waals surface area contributed by atoms with E-state index in [1.54, 1.807) is 0 Å². The lowest BCUT2D eigenvalue weighted by Crippen LogP contribution is -2.49. The summed E-state index contributed by atoms with van der Waals surface area (Å²) in [7, 11) is 0. The first-order valence-corrected chi connectivity index (χ1v) is 8.92. The van der Waals surface area contributed by atoms with Gasteiger partial charge in [0.2, 0.25) is 0 Å². The van der Waals surface area contributed by atoms with Crippen LogP contribution in [0, 0.1) is 5.92 Å². The Hall–Kier alpha value is -0.810. The van der Waals surface area contributed by atoms with Crippen molar-refractivity contribution in [2.24, 2.45) is 5.92 Å². The fraction of sp³-hybridized carbons (Fsp3) is 0.667. The summed E-state index contributed by atoms with van der Waals surface area (Å²) < 4.78 is 5.49. The lowest BCUT2D eigenvalue weighted by molar-refractivity contribution is 0.0606. The zero-order valence-corrected chi connectivity index (χ0v) is 15.2. The van der Waals surface area contributed by atoms with E-state index in [0.29, 0.717) is 23.3 Å². The fourth-order valence-electron chi connectivity index (χ4n) is 3.20. The molecule has 0 saturated carbocycles. The molecule has 0 radical (unpaired) electrons. The molecule has 1 aliphatic heterocycles. The molecule has 1 atom stereocenters. The molecule has 0 aliphatic carbocycles. The van der Waals surface area contributed by atoms with E-state index < -0.39 is 0 Å². The van der Waals surface area contributed by atoms with Crippen molar-refractivity contribution < 1.29 is 9.84 Å². The number of aliphatic hydroxyl groups is 1. The number of ether oxygens (including phenoxy) is 1. The van der Waals surface area contributed by atoms with Crippen LogP contribution in [0.25, 0.3) is 0 Å². The second-order valence-corrected chi connectivity index (χ2v) is 6.96. The Balaban J connectivity index is 2.01. The number of nitrogens with zero attached hydrogens (tertiary/aromatic N) is 2. The van der Waals surface area contributed by atoms with Crippen LogP contribution in [-0.4, -0.2) is 60.8 Å². The van der Waals surface area contributed by atoms with Gasteiger partial charge in [0.05, 0.1) is 24.3 Å². The van der Waals surface area contributed by atoms with E-state index in [2.05, 4.69) is 23.6 Å². The molecule has 0 amide bonds. The molecule has 1 saturated heterocycles. The van der Waals surface area contributed by atoms with Crippen LogP contribution < -0.4 is 4.74 Å². The molecule has 0 spiro atoms. The highest BCUT2D eigenvalue weighted by atomic mass is 35.5. The predicted octanol–water partition coefficient (Wildman–Crippen LogP) is 3.05. The molecule has 2 rings (SSSR count). The highest BCUT2D eigenvalue weighted by Gasteiger charge is 2.25. The average Bonchev–Trinajstić information content (AvgIpc) is 2.52. The summed E-state index contributed by atoms with van der Waals surface area (Å²) in [6.45, 7) is 12.4. The van der Waals surface area contributed by atoms with Gasteiger partial charge in [0, 0.05) is 32.7 Å². The molecule has 1 N–H and O–H groups in total. The Morgan fingerprint density at radius 2 is 1.91 bits per heavy atom. The number of halogens is 1. The van der Waals surface area contributed by atoms with E-state index in [1.165, 1.54) is 0 Å². The molecule has 5 heteroatoms. The minimum atomic E-state index is 0.00405. The Labute approximate surface area is 145 Å². The summed E-state index contributed by atoms with van der Waals surface area (Å²) >= 11 is 6.30. The maximum absolute atomic E-state index is 9.88. The molecule has 1 unspecified atom stereocenters. The highest BCUT2D eigenvalue weighted by Crippen LogP contribution is 2.30. The Morgan fingerprint density at radius 1 is 1.22 bits per heavy atom. The third-order valence-electron chi connectivity index (χ3n) is 4.28. The molecular weight excluding hydrogens is 312 g/mol. The predicted molar refractivity (Wildman–Crippen MR) is 95.3 cm³/mol. The maximum atomic E-state index is 9.88. The zero-order chi connectivity index (χ0) is 16.8. The molecule has 4 nitrogen and oxygen atoms in total. The standard InChI is InChI=1S/C18H29ClN2O2/c1-4-23-18-6-5-15(11-16(18)19)17(13-22)21-9-7-20(8-10-21)12-14(2)3/h5-6,11,14,17,22H,4,7-10,12-13H2,1-3H3. The molecular formula is C18H29ClN2O2. The number of aliphatic hydroxyl groups excluding tert-OH is 1. The van der Waals surface area contributed by atoms with Crippen molar-refractivity contribution >= 4 is 11.6 Å². The van der Waals surface area contributed by atoms with Crippen molar-refractivity contribution in [3.8, 4) is 5.75 Å². The van der Waals surface area contributed by atoms with Gasteiger partial charge in [-0.2, -0.15) is 0 Å². The summed E-state index contributed by atoms with van der Waals surface area (Å²) in [5.74, 6) is 1.40. The number of hydrogen-bond donors (Lipinski definition) is 1. The van der Waals surface area contributed by atoms with Crippen molar-refractivity contribution in [1.29, 1.82) is 0 Å². The molecule has 1 aromatic carbocycles. The number of piperazine rings is 1. The number of rotatable bonds is 7. The maximum Gasteiger partial charge on any atom is 0.137 e. The third kappa shape index (κ3) is 5.08. The minimum Gasteiger partial charge on any atom is -0.492 e. The van der Waals surface area contributed by atoms with Crippen LogP contribution in [0.2, 0.25) is 5.02 Å². The fourth-order valence-corrected chi connectivity index (χ4v) is 3.45. The lowest BCUT2D eigenvalue weighted by Gasteiger charge is -2.39. The Morgan fingerprint density at radius 3 is 2.43 bits per heavy atom. The summed E-state index contributed by atoms with van der Waals surface area (Å²) in [4.78, 5) is 4.85. The first-order chi connectivity index (χ1) is 11.0. The molecule has 130 valence electrons. The second kappa shape index (κ2) is 8.88. The largest absolute Gasteiger partial charge is 0.492 e. The van der Waals surface area contributed by atoms with Gasteiger partial charge in [0.1, 0.15) is 5.75 Å². The third-order valence-corrected chi connectivity index (χ3v) is 4.58. The number of hydrogen-bond acceptors (Lipinski definition) is 4. The van der Waals surface area contributed by atoms with Gasteiger partial charge in [-0.3, -0.25) is 4.90 Å². The van der Waals surface area contributed by atoms with E-state index in [-0.39, 0.29) is 12.6 Å². The van der Waals surface area contributed by atoms with E-state index in [9.17, 15) is 5.11 Å². The zero-order valence-electron chi connectivity index (χ0n) is 14.5. The van der Waals surface area contributed by atoms with Crippen LogP contribution in [0.15, 0.2) is 18.2 Å². The van der Waals surface area contributed by atoms with Gasteiger partial charge in [-0.05, 0) is 30.5 Å². The van der Waals surface area contributed by atoms with Crippen LogP contribution in [0.5, 0.6) is 5.75 Å². The SMILES string of the molecule is CCOc1ccc(C(CO)N2CCN(CC(C)C)CC2)cc1Cl. The first-order valence-electron chi connectivity index (χ1n) is 8.54. The van der Waals surface area contributed by atoms with Gasteiger partial charge in [-0.1, -0.05) is 31.5 Å². The van der Waals surface area contributed by atoms with Crippen molar-refractivity contribution in [2.45, 2.75) is 26.8 Å². The van der Waals surface area contributed by atoms with Gasteiger partial charge >= 0.3 is 0 Å². The van der Waals surface area contributed by atoms with Gasteiger partial charge in [-0.15, -0.1) is 0 Å². The summed E-state index contributed by atoms with van der Waals surface area (Å²) in [5.41, 5.74) is 1.05. The van der Waals surface area contributed by atoms with Gasteiger partial charge < -0.3 is 14.7 Å². The second-order valence-electron chi connectivity index (χ2n) is 6.55. The van der Waals surface area contributed by atoms with Crippen molar-refractivity contribution in [2.75, 3.05) is 45.9 Å². The Kier molecular flexibility index (Phi) is 7.15. The van der Waals surface area contributed by atoms with Crippen molar-refractivity contribution in [3.63, 3.8) is 0 Å². The average molecular weight is 341 g/mol. The lowest BCUT2D eigenvalue weighted by atomic mass is 10.0. The van der Waals surface area contributed by atoms with Gasteiger partial charge in [0.15, 0.2) is 0 Å². The topological polar surface area (TPSA) is 35.9 Å². The van der Waals surface area contributed by atoms with Gasteiger partial charge in [0.25, 0.3) is 0 Å². The quantitative estimate of drug-likeness (QED) is 0.827. The van der Waals surface area contributed by atoms with E-state index in [1.807, 2.05) is 25.1 Å². The number of benzene rings is 1. The van der Waals surface area contributed by atoms with Crippen LogP contribution in [0.3, 0.4) is 0 Å². The van der Waals surface area contributed by atoms with Crippen LogP contribution in [-0.2, 0) is 0 Å². The first kappa shape index (κ1) is 18.5. The summed E-state index contributed by atoms with van der Waals surface area (Å²) in [6.07, 6.45) is 0. The van der Waals surface area contributed by atoms with Crippen LogP contribution >= 0.6 is 11.6 Å².